The van der Waals surface area contributed by atoms with Gasteiger partial charge in [0.05, 0.1) is 0 Å². The molecule has 124 valence electrons. The van der Waals surface area contributed by atoms with Crippen LogP contribution in [-0.4, -0.2) is 29.6 Å². The Kier molecular flexibility index (Phi) is 5.26. The Bertz CT molecular complexity index is 678. The predicted octanol–water partition coefficient (Wildman–Crippen LogP) is 3.47. The molecule has 0 unspecified atom stereocenters. The maximum atomic E-state index is 12.8. The molecule has 2 aromatic rings. The highest BCUT2D eigenvalue weighted by molar-refractivity contribution is 5.87. The van der Waals surface area contributed by atoms with E-state index in [1.807, 2.05) is 30.3 Å². The lowest BCUT2D eigenvalue weighted by Crippen LogP contribution is -2.42. The summed E-state index contributed by atoms with van der Waals surface area (Å²) in [6.07, 6.45) is -4.57. The molecule has 3 nitrogen and oxygen atoms in total. The van der Waals surface area contributed by atoms with Gasteiger partial charge in [-0.25, -0.2) is 0 Å². The smallest absolute Gasteiger partial charge is 0.330 e. The lowest BCUT2D eigenvalue weighted by Gasteiger charge is -2.25. The third kappa shape index (κ3) is 4.45. The van der Waals surface area contributed by atoms with Crippen molar-refractivity contribution in [3.8, 4) is 0 Å². The molecule has 2 rings (SSSR count). The molecule has 2 N–H and O–H groups in total. The van der Waals surface area contributed by atoms with Crippen molar-refractivity contribution in [3.63, 3.8) is 0 Å². The molecule has 0 heterocycles. The molecule has 0 aliphatic heterocycles. The summed E-state index contributed by atoms with van der Waals surface area (Å²) in [7, 11) is 0. The van der Waals surface area contributed by atoms with Crippen molar-refractivity contribution < 1.29 is 18.0 Å². The van der Waals surface area contributed by atoms with Gasteiger partial charge in [-0.05, 0) is 29.7 Å². The van der Waals surface area contributed by atoms with Crippen molar-refractivity contribution in [1.82, 2.24) is 4.90 Å². The third-order valence-corrected chi connectivity index (χ3v) is 3.63. The van der Waals surface area contributed by atoms with Crippen molar-refractivity contribution in [2.45, 2.75) is 32.1 Å². The van der Waals surface area contributed by atoms with Crippen LogP contribution in [0.4, 0.5) is 13.2 Å². The van der Waals surface area contributed by atoms with Crippen LogP contribution in [-0.2, 0) is 11.3 Å². The van der Waals surface area contributed by atoms with E-state index in [9.17, 15) is 18.0 Å². The van der Waals surface area contributed by atoms with E-state index in [0.717, 1.165) is 15.7 Å². The number of hydrogen-bond donors (Lipinski definition) is 1. The summed E-state index contributed by atoms with van der Waals surface area (Å²) in [6.45, 7) is 1.58. The predicted molar refractivity (Wildman–Crippen MR) is 83.7 cm³/mol. The van der Waals surface area contributed by atoms with Gasteiger partial charge in [-0.1, -0.05) is 42.5 Å². The maximum Gasteiger partial charge on any atom is 0.471 e. The van der Waals surface area contributed by atoms with E-state index in [-0.39, 0.29) is 19.1 Å². The molecule has 0 radical (unpaired) electrons. The van der Waals surface area contributed by atoms with Gasteiger partial charge in [-0.15, -0.1) is 0 Å². The van der Waals surface area contributed by atoms with Crippen LogP contribution in [0.1, 0.15) is 18.9 Å². The van der Waals surface area contributed by atoms with Gasteiger partial charge >= 0.3 is 12.1 Å². The minimum Gasteiger partial charge on any atom is -0.330 e. The summed E-state index contributed by atoms with van der Waals surface area (Å²) in [5, 5.41) is 1.77. The molecule has 0 spiro atoms. The monoisotopic (exact) mass is 324 g/mol. The average molecular weight is 324 g/mol. The van der Waals surface area contributed by atoms with Gasteiger partial charge in [0, 0.05) is 19.1 Å². The molecule has 0 aromatic heterocycles. The highest BCUT2D eigenvalue weighted by Crippen LogP contribution is 2.24. The second-order valence-electron chi connectivity index (χ2n) is 5.63. The van der Waals surface area contributed by atoms with Gasteiger partial charge in [-0.2, -0.15) is 13.2 Å². The molecular formula is C17H19F3N2O. The zero-order valence-electron chi connectivity index (χ0n) is 12.8. The number of nitrogens with two attached hydrogens (primary N) is 1. The molecule has 0 aliphatic carbocycles. The highest BCUT2D eigenvalue weighted by atomic mass is 19.4. The first kappa shape index (κ1) is 17.3. The van der Waals surface area contributed by atoms with E-state index < -0.39 is 12.1 Å². The fourth-order valence-corrected chi connectivity index (χ4v) is 2.43. The summed E-state index contributed by atoms with van der Waals surface area (Å²) >= 11 is 0. The van der Waals surface area contributed by atoms with Crippen molar-refractivity contribution in [3.05, 3.63) is 48.0 Å². The number of carbonyl (C=O) groups is 1. The number of nitrogens with zero attached hydrogens (tertiary/aromatic N) is 1. The number of amides is 1. The van der Waals surface area contributed by atoms with E-state index in [4.69, 9.17) is 5.73 Å². The molecule has 1 amide bonds. The Hall–Kier alpha value is -2.08. The van der Waals surface area contributed by atoms with Crippen LogP contribution in [0.5, 0.6) is 0 Å². The van der Waals surface area contributed by atoms with Crippen LogP contribution in [0, 0.1) is 0 Å². The Morgan fingerprint density at radius 3 is 2.48 bits per heavy atom. The topological polar surface area (TPSA) is 46.3 Å². The van der Waals surface area contributed by atoms with Gasteiger partial charge in [-0.3, -0.25) is 4.79 Å². The Morgan fingerprint density at radius 2 is 1.83 bits per heavy atom. The molecule has 0 fully saturated rings. The first-order valence-corrected chi connectivity index (χ1v) is 7.37. The van der Waals surface area contributed by atoms with E-state index in [1.54, 1.807) is 19.1 Å². The normalized spacial score (nSPS) is 13.1. The number of alkyl halides is 3. The van der Waals surface area contributed by atoms with E-state index in [2.05, 4.69) is 0 Å². The number of rotatable bonds is 5. The third-order valence-electron chi connectivity index (χ3n) is 3.63. The minimum absolute atomic E-state index is 0.0285. The van der Waals surface area contributed by atoms with Crippen molar-refractivity contribution in [1.29, 1.82) is 0 Å². The molecular weight excluding hydrogens is 305 g/mol. The van der Waals surface area contributed by atoms with Crippen LogP contribution in [0.25, 0.3) is 10.8 Å². The minimum atomic E-state index is -4.89. The molecule has 6 heteroatoms. The zero-order valence-corrected chi connectivity index (χ0v) is 12.8. The fraction of sp³-hybridized carbons (Fsp3) is 0.353. The van der Waals surface area contributed by atoms with Crippen molar-refractivity contribution in [2.24, 2.45) is 5.73 Å². The largest absolute Gasteiger partial charge is 0.471 e. The van der Waals surface area contributed by atoms with E-state index in [0.29, 0.717) is 12.0 Å². The van der Waals surface area contributed by atoms with Crippen molar-refractivity contribution in [2.75, 3.05) is 6.54 Å². The second kappa shape index (κ2) is 7.00. The summed E-state index contributed by atoms with van der Waals surface area (Å²) in [6, 6.07) is 12.5. The summed E-state index contributed by atoms with van der Waals surface area (Å²) in [4.78, 5) is 12.5. The van der Waals surface area contributed by atoms with Crippen LogP contribution < -0.4 is 5.73 Å². The molecule has 2 aromatic carbocycles. The van der Waals surface area contributed by atoms with Crippen LogP contribution in [0.15, 0.2) is 42.5 Å². The Morgan fingerprint density at radius 1 is 1.17 bits per heavy atom. The SMILES string of the molecule is C[C@H](N)CCN(Cc1cccc2ccccc12)C(=O)C(F)(F)F. The van der Waals surface area contributed by atoms with Crippen molar-refractivity contribution >= 4 is 16.7 Å². The summed E-state index contributed by atoms with van der Waals surface area (Å²) < 4.78 is 38.5. The number of fused-ring (bicyclic) bond motifs is 1. The van der Waals surface area contributed by atoms with Gasteiger partial charge in [0.25, 0.3) is 0 Å². The van der Waals surface area contributed by atoms with Crippen LogP contribution >= 0.6 is 0 Å². The Balaban J connectivity index is 2.30. The fourth-order valence-electron chi connectivity index (χ4n) is 2.43. The van der Waals surface area contributed by atoms with E-state index in [1.165, 1.54) is 0 Å². The lowest BCUT2D eigenvalue weighted by molar-refractivity contribution is -0.186. The quantitative estimate of drug-likeness (QED) is 0.915. The Labute approximate surface area is 132 Å². The number of hydrogen-bond acceptors (Lipinski definition) is 2. The summed E-state index contributed by atoms with van der Waals surface area (Å²) in [5.41, 5.74) is 6.30. The van der Waals surface area contributed by atoms with Crippen LogP contribution in [0.3, 0.4) is 0 Å². The first-order chi connectivity index (χ1) is 10.8. The lowest BCUT2D eigenvalue weighted by atomic mass is 10.0. The van der Waals surface area contributed by atoms with Crippen LogP contribution in [0.2, 0.25) is 0 Å². The van der Waals surface area contributed by atoms with Gasteiger partial charge in [0.1, 0.15) is 0 Å². The average Bonchev–Trinajstić information content (AvgIpc) is 2.49. The summed E-state index contributed by atoms with van der Waals surface area (Å²) in [5.74, 6) is -1.83. The van der Waals surface area contributed by atoms with E-state index >= 15 is 0 Å². The van der Waals surface area contributed by atoms with Gasteiger partial charge in [0.2, 0.25) is 0 Å². The molecule has 0 saturated heterocycles. The number of carbonyl (C=O) groups excluding carboxylic acids is 1. The molecule has 0 aliphatic rings. The maximum absolute atomic E-state index is 12.8. The first-order valence-electron chi connectivity index (χ1n) is 7.37. The molecule has 23 heavy (non-hydrogen) atoms. The number of benzene rings is 2. The van der Waals surface area contributed by atoms with Gasteiger partial charge in [0.15, 0.2) is 0 Å². The second-order valence-corrected chi connectivity index (χ2v) is 5.63. The number of halogens is 3. The molecule has 0 saturated carbocycles. The molecule has 0 bridgehead atoms. The van der Waals surface area contributed by atoms with Gasteiger partial charge < -0.3 is 10.6 Å². The standard InChI is InChI=1S/C17H19F3N2O/c1-12(21)9-10-22(16(23)17(18,19)20)11-14-7-4-6-13-5-2-3-8-15(13)14/h2-8,12H,9-11,21H2,1H3/t12-/m0/s1. The zero-order chi connectivity index (χ0) is 17.0. The molecule has 1 atom stereocenters. The highest BCUT2D eigenvalue weighted by Gasteiger charge is 2.42.